The van der Waals surface area contributed by atoms with E-state index in [4.69, 9.17) is 5.73 Å². The molecule has 1 aromatic heterocycles. The lowest BCUT2D eigenvalue weighted by Crippen LogP contribution is -2.53. The number of halogens is 2. The minimum atomic E-state index is -0.765. The molecule has 20 heavy (non-hydrogen) atoms. The topological polar surface area (TPSA) is 64.2 Å². The van der Waals surface area contributed by atoms with E-state index in [1.807, 2.05) is 22.8 Å². The molecule has 0 spiro atoms. The molecular formula is C13H24Cl2N4O. The molecule has 1 fully saturated rings. The Morgan fingerprint density at radius 2 is 1.90 bits per heavy atom. The third kappa shape index (κ3) is 4.11. The Bertz CT molecular complexity index is 434. The van der Waals surface area contributed by atoms with E-state index in [1.165, 1.54) is 5.69 Å². The molecule has 2 rings (SSSR count). The average molecular weight is 323 g/mol. The maximum atomic E-state index is 12.1. The molecule has 0 aliphatic carbocycles. The lowest BCUT2D eigenvalue weighted by molar-refractivity contribution is -0.136. The molecule has 0 saturated carbocycles. The van der Waals surface area contributed by atoms with Crippen LogP contribution in [-0.2, 0) is 11.8 Å². The normalized spacial score (nSPS) is 16.3. The quantitative estimate of drug-likeness (QED) is 0.901. The number of nitrogens with zero attached hydrogens (tertiary/aromatic N) is 3. The number of hydrogen-bond donors (Lipinski definition) is 1. The van der Waals surface area contributed by atoms with Crippen LogP contribution in [0.25, 0.3) is 0 Å². The van der Waals surface area contributed by atoms with E-state index in [-0.39, 0.29) is 30.7 Å². The van der Waals surface area contributed by atoms with Gasteiger partial charge in [-0.3, -0.25) is 9.48 Å². The van der Waals surface area contributed by atoms with Gasteiger partial charge in [0, 0.05) is 37.9 Å². The predicted octanol–water partition coefficient (Wildman–Crippen LogP) is 1.71. The molecule has 0 unspecified atom stereocenters. The Hall–Kier alpha value is -0.780. The van der Waals surface area contributed by atoms with Crippen LogP contribution in [0, 0.1) is 0 Å². The van der Waals surface area contributed by atoms with Crippen molar-refractivity contribution in [1.82, 2.24) is 14.7 Å². The van der Waals surface area contributed by atoms with Crippen LogP contribution < -0.4 is 5.73 Å². The van der Waals surface area contributed by atoms with Crippen molar-refractivity contribution in [3.63, 3.8) is 0 Å². The summed E-state index contributed by atoms with van der Waals surface area (Å²) < 4.78 is 1.93. The highest BCUT2D eigenvalue weighted by Gasteiger charge is 2.31. The van der Waals surface area contributed by atoms with E-state index < -0.39 is 5.54 Å². The van der Waals surface area contributed by atoms with Gasteiger partial charge < -0.3 is 10.6 Å². The first kappa shape index (κ1) is 19.2. The van der Waals surface area contributed by atoms with E-state index >= 15 is 0 Å². The minimum Gasteiger partial charge on any atom is -0.341 e. The van der Waals surface area contributed by atoms with Gasteiger partial charge in [0.1, 0.15) is 0 Å². The van der Waals surface area contributed by atoms with Crippen LogP contribution in [0.3, 0.4) is 0 Å². The monoisotopic (exact) mass is 322 g/mol. The van der Waals surface area contributed by atoms with E-state index in [2.05, 4.69) is 11.2 Å². The summed E-state index contributed by atoms with van der Waals surface area (Å²) in [5, 5.41) is 4.20. The zero-order valence-electron chi connectivity index (χ0n) is 12.2. The second-order valence-corrected chi connectivity index (χ2v) is 5.67. The van der Waals surface area contributed by atoms with Crippen molar-refractivity contribution in [1.29, 1.82) is 0 Å². The largest absolute Gasteiger partial charge is 0.341 e. The fourth-order valence-corrected chi connectivity index (χ4v) is 2.57. The summed E-state index contributed by atoms with van der Waals surface area (Å²) in [7, 11) is 1.97. The van der Waals surface area contributed by atoms with Gasteiger partial charge in [0.25, 0.3) is 0 Å². The van der Waals surface area contributed by atoms with Crippen molar-refractivity contribution in [3.8, 4) is 0 Å². The molecule has 1 aliphatic heterocycles. The van der Waals surface area contributed by atoms with Gasteiger partial charge in [0.05, 0.1) is 5.54 Å². The third-order valence-corrected chi connectivity index (χ3v) is 3.61. The molecule has 1 aromatic rings. The number of aryl methyl sites for hydroxylation is 1. The van der Waals surface area contributed by atoms with Gasteiger partial charge in [0.2, 0.25) is 5.91 Å². The molecule has 1 aliphatic rings. The van der Waals surface area contributed by atoms with Gasteiger partial charge in [-0.25, -0.2) is 0 Å². The van der Waals surface area contributed by atoms with Gasteiger partial charge >= 0.3 is 0 Å². The zero-order valence-corrected chi connectivity index (χ0v) is 13.8. The van der Waals surface area contributed by atoms with Crippen LogP contribution in [-0.4, -0.2) is 39.2 Å². The highest BCUT2D eigenvalue weighted by atomic mass is 35.5. The Labute approximate surface area is 132 Å². The Morgan fingerprint density at radius 3 is 2.30 bits per heavy atom. The molecule has 0 bridgehead atoms. The zero-order chi connectivity index (χ0) is 13.3. The van der Waals surface area contributed by atoms with Crippen LogP contribution >= 0.6 is 24.8 Å². The van der Waals surface area contributed by atoms with Crippen molar-refractivity contribution in [2.75, 3.05) is 13.1 Å². The second-order valence-electron chi connectivity index (χ2n) is 5.67. The molecule has 2 heterocycles. The van der Waals surface area contributed by atoms with Crippen molar-refractivity contribution < 1.29 is 4.79 Å². The number of carbonyl (C=O) groups is 1. The lowest BCUT2D eigenvalue weighted by Gasteiger charge is -2.35. The first-order valence-electron chi connectivity index (χ1n) is 6.46. The van der Waals surface area contributed by atoms with Gasteiger partial charge in [-0.05, 0) is 32.8 Å². The van der Waals surface area contributed by atoms with Crippen molar-refractivity contribution in [2.45, 2.75) is 38.1 Å². The first-order chi connectivity index (χ1) is 8.39. The van der Waals surface area contributed by atoms with Crippen LogP contribution in [0.15, 0.2) is 12.3 Å². The van der Waals surface area contributed by atoms with Gasteiger partial charge in [-0.15, -0.1) is 24.8 Å². The predicted molar refractivity (Wildman–Crippen MR) is 84.5 cm³/mol. The maximum Gasteiger partial charge on any atom is 0.242 e. The smallest absolute Gasteiger partial charge is 0.242 e. The summed E-state index contributed by atoms with van der Waals surface area (Å²) in [6.45, 7) is 5.11. The lowest BCUT2D eigenvalue weighted by atomic mass is 9.92. The number of amides is 1. The highest BCUT2D eigenvalue weighted by molar-refractivity contribution is 5.86. The summed E-state index contributed by atoms with van der Waals surface area (Å²) in [5.41, 5.74) is 6.35. The highest BCUT2D eigenvalue weighted by Crippen LogP contribution is 2.28. The van der Waals surface area contributed by atoms with Gasteiger partial charge in [-0.2, -0.15) is 5.10 Å². The first-order valence-corrected chi connectivity index (χ1v) is 6.46. The molecule has 0 aromatic carbocycles. The summed E-state index contributed by atoms with van der Waals surface area (Å²) in [6.07, 6.45) is 3.80. The number of likely N-dealkylation sites (tertiary alicyclic amines) is 1. The SMILES string of the molecule is Cl.Cl.Cn1nccc1C1CCN(C(=O)C(C)(C)N)CC1. The van der Waals surface area contributed by atoms with Crippen LogP contribution in [0.5, 0.6) is 0 Å². The van der Waals surface area contributed by atoms with Crippen molar-refractivity contribution >= 4 is 30.7 Å². The number of nitrogens with two attached hydrogens (primary N) is 1. The van der Waals surface area contributed by atoms with Crippen LogP contribution in [0.2, 0.25) is 0 Å². The molecule has 0 atom stereocenters. The third-order valence-electron chi connectivity index (χ3n) is 3.61. The number of piperidine rings is 1. The fourth-order valence-electron chi connectivity index (χ4n) is 2.57. The number of hydrogen-bond acceptors (Lipinski definition) is 3. The molecule has 116 valence electrons. The molecule has 2 N–H and O–H groups in total. The van der Waals surface area contributed by atoms with Gasteiger partial charge in [0.15, 0.2) is 0 Å². The number of carbonyl (C=O) groups excluding carboxylic acids is 1. The summed E-state index contributed by atoms with van der Waals surface area (Å²) >= 11 is 0. The summed E-state index contributed by atoms with van der Waals surface area (Å²) in [4.78, 5) is 13.9. The summed E-state index contributed by atoms with van der Waals surface area (Å²) in [5.74, 6) is 0.549. The molecule has 5 nitrogen and oxygen atoms in total. The molecule has 0 radical (unpaired) electrons. The summed E-state index contributed by atoms with van der Waals surface area (Å²) in [6, 6.07) is 2.06. The van der Waals surface area contributed by atoms with Crippen molar-refractivity contribution in [2.24, 2.45) is 12.8 Å². The van der Waals surface area contributed by atoms with Crippen LogP contribution in [0.4, 0.5) is 0 Å². The number of aromatic nitrogens is 2. The average Bonchev–Trinajstić information content (AvgIpc) is 2.73. The van der Waals surface area contributed by atoms with E-state index in [9.17, 15) is 4.79 Å². The Morgan fingerprint density at radius 1 is 1.35 bits per heavy atom. The molecular weight excluding hydrogens is 299 g/mol. The Kier molecular flexibility index (Phi) is 7.01. The standard InChI is InChI=1S/C13H22N4O.2ClH/c1-13(2,14)12(18)17-8-5-10(6-9-17)11-4-7-15-16(11)3;;/h4,7,10H,5-6,8-9,14H2,1-3H3;2*1H. The fraction of sp³-hybridized carbons (Fsp3) is 0.692. The van der Waals surface area contributed by atoms with E-state index in [1.54, 1.807) is 13.8 Å². The number of rotatable bonds is 2. The van der Waals surface area contributed by atoms with E-state index in [0.29, 0.717) is 5.92 Å². The molecule has 1 saturated heterocycles. The molecule has 7 heteroatoms. The van der Waals surface area contributed by atoms with Crippen molar-refractivity contribution in [3.05, 3.63) is 18.0 Å². The molecule has 1 amide bonds. The Balaban J connectivity index is 0.00000180. The second kappa shape index (κ2) is 7.29. The van der Waals surface area contributed by atoms with Crippen LogP contribution in [0.1, 0.15) is 38.3 Å². The van der Waals surface area contributed by atoms with Gasteiger partial charge in [-0.1, -0.05) is 0 Å². The minimum absolute atomic E-state index is 0. The van der Waals surface area contributed by atoms with E-state index in [0.717, 1.165) is 25.9 Å². The maximum absolute atomic E-state index is 12.1.